The highest BCUT2D eigenvalue weighted by Gasteiger charge is 1.98. The zero-order valence-corrected chi connectivity index (χ0v) is 8.99. The normalized spacial score (nSPS) is 10.6. The average molecular weight is 200 g/mol. The summed E-state index contributed by atoms with van der Waals surface area (Å²) in [6.45, 7) is 4.69. The lowest BCUT2D eigenvalue weighted by atomic mass is 10.5. The van der Waals surface area contributed by atoms with Crippen LogP contribution in [-0.2, 0) is 17.7 Å². The number of aromatic nitrogens is 1. The van der Waals surface area contributed by atoms with Gasteiger partial charge in [0, 0.05) is 31.3 Å². The van der Waals surface area contributed by atoms with Crippen LogP contribution in [0.15, 0.2) is 6.20 Å². The highest BCUT2D eigenvalue weighted by Crippen LogP contribution is 2.12. The number of nitrogens with one attached hydrogen (secondary N) is 1. The summed E-state index contributed by atoms with van der Waals surface area (Å²) in [5, 5.41) is 4.50. The molecule has 0 aliphatic rings. The third-order valence-electron chi connectivity index (χ3n) is 1.69. The van der Waals surface area contributed by atoms with Crippen molar-refractivity contribution in [2.45, 2.75) is 19.9 Å². The van der Waals surface area contributed by atoms with E-state index in [1.54, 1.807) is 18.4 Å². The van der Waals surface area contributed by atoms with Gasteiger partial charge in [0.15, 0.2) is 0 Å². The van der Waals surface area contributed by atoms with E-state index in [9.17, 15) is 0 Å². The number of rotatable bonds is 6. The highest BCUT2D eigenvalue weighted by molar-refractivity contribution is 7.11. The molecule has 3 nitrogen and oxygen atoms in total. The van der Waals surface area contributed by atoms with Gasteiger partial charge < -0.3 is 10.1 Å². The summed E-state index contributed by atoms with van der Waals surface area (Å²) < 4.78 is 4.93. The smallest absolute Gasteiger partial charge is 0.0925 e. The maximum absolute atomic E-state index is 4.93. The van der Waals surface area contributed by atoms with Crippen molar-refractivity contribution in [2.24, 2.45) is 0 Å². The third kappa shape index (κ3) is 3.85. The summed E-state index contributed by atoms with van der Waals surface area (Å²) in [6, 6.07) is 0. The van der Waals surface area contributed by atoms with Gasteiger partial charge in [0.25, 0.3) is 0 Å². The number of hydrogen-bond donors (Lipinski definition) is 1. The van der Waals surface area contributed by atoms with Crippen molar-refractivity contribution in [3.63, 3.8) is 0 Å². The molecule has 1 heterocycles. The van der Waals surface area contributed by atoms with Crippen molar-refractivity contribution in [1.29, 1.82) is 0 Å². The van der Waals surface area contributed by atoms with Crippen molar-refractivity contribution < 1.29 is 4.74 Å². The van der Waals surface area contributed by atoms with Crippen molar-refractivity contribution in [3.8, 4) is 0 Å². The molecule has 0 fully saturated rings. The molecule has 0 spiro atoms. The number of aryl methyl sites for hydroxylation is 1. The number of methoxy groups -OCH3 is 1. The predicted octanol–water partition coefficient (Wildman–Crippen LogP) is 1.44. The Morgan fingerprint density at radius 3 is 3.08 bits per heavy atom. The van der Waals surface area contributed by atoms with Gasteiger partial charge in [-0.15, -0.1) is 11.3 Å². The summed E-state index contributed by atoms with van der Waals surface area (Å²) in [6.07, 6.45) is 2.98. The van der Waals surface area contributed by atoms with Crippen LogP contribution in [0.1, 0.15) is 16.8 Å². The first kappa shape index (κ1) is 10.6. The lowest BCUT2D eigenvalue weighted by Crippen LogP contribution is -2.17. The fourth-order valence-corrected chi connectivity index (χ4v) is 1.81. The summed E-state index contributed by atoms with van der Waals surface area (Å²) in [5.74, 6) is 0. The van der Waals surface area contributed by atoms with E-state index in [0.717, 1.165) is 26.1 Å². The second-order valence-electron chi connectivity index (χ2n) is 2.74. The Labute approximate surface area is 83.1 Å². The third-order valence-corrected chi connectivity index (χ3v) is 2.83. The fraction of sp³-hybridized carbons (Fsp3) is 0.667. The Hall–Kier alpha value is -0.450. The minimum Gasteiger partial charge on any atom is -0.383 e. The van der Waals surface area contributed by atoms with E-state index >= 15 is 0 Å². The van der Waals surface area contributed by atoms with E-state index in [-0.39, 0.29) is 0 Å². The van der Waals surface area contributed by atoms with Crippen LogP contribution in [0.3, 0.4) is 0 Å². The summed E-state index contributed by atoms with van der Waals surface area (Å²) in [5.41, 5.74) is 0. The van der Waals surface area contributed by atoms with Gasteiger partial charge in [-0.2, -0.15) is 0 Å². The molecule has 0 unspecified atom stereocenters. The molecule has 0 amide bonds. The van der Waals surface area contributed by atoms with Crippen LogP contribution < -0.4 is 5.32 Å². The van der Waals surface area contributed by atoms with Gasteiger partial charge in [-0.05, 0) is 6.42 Å². The number of hydrogen-bond acceptors (Lipinski definition) is 4. The molecule has 0 radical (unpaired) electrons. The molecule has 0 aliphatic carbocycles. The van der Waals surface area contributed by atoms with Crippen LogP contribution in [0.2, 0.25) is 0 Å². The molecule has 0 aromatic carbocycles. The van der Waals surface area contributed by atoms with Gasteiger partial charge in [-0.25, -0.2) is 4.98 Å². The lowest BCUT2D eigenvalue weighted by Gasteiger charge is -2.00. The number of ether oxygens (including phenoxy) is 1. The Kier molecular flexibility index (Phi) is 4.97. The monoisotopic (exact) mass is 200 g/mol. The first-order valence-electron chi connectivity index (χ1n) is 4.50. The van der Waals surface area contributed by atoms with E-state index in [0.29, 0.717) is 0 Å². The molecule has 1 N–H and O–H groups in total. The number of thiazole rings is 1. The molecule has 1 rings (SSSR count). The van der Waals surface area contributed by atoms with Gasteiger partial charge in [-0.3, -0.25) is 0 Å². The molecule has 0 saturated carbocycles. The number of nitrogens with zero attached hydrogens (tertiary/aromatic N) is 1. The van der Waals surface area contributed by atoms with E-state index in [2.05, 4.69) is 17.2 Å². The van der Waals surface area contributed by atoms with Crippen LogP contribution in [0.4, 0.5) is 0 Å². The lowest BCUT2D eigenvalue weighted by molar-refractivity contribution is 0.199. The summed E-state index contributed by atoms with van der Waals surface area (Å²) >= 11 is 1.78. The predicted molar refractivity (Wildman–Crippen MR) is 55.1 cm³/mol. The van der Waals surface area contributed by atoms with Crippen LogP contribution in [0, 0.1) is 0 Å². The Morgan fingerprint density at radius 2 is 2.46 bits per heavy atom. The van der Waals surface area contributed by atoms with Gasteiger partial charge in [0.05, 0.1) is 11.6 Å². The molecule has 4 heteroatoms. The first-order valence-corrected chi connectivity index (χ1v) is 5.31. The second-order valence-corrected chi connectivity index (χ2v) is 3.94. The largest absolute Gasteiger partial charge is 0.383 e. The van der Waals surface area contributed by atoms with E-state index in [4.69, 9.17) is 4.74 Å². The molecule has 0 bridgehead atoms. The van der Waals surface area contributed by atoms with Crippen LogP contribution in [0.5, 0.6) is 0 Å². The van der Waals surface area contributed by atoms with Crippen molar-refractivity contribution in [1.82, 2.24) is 10.3 Å². The highest BCUT2D eigenvalue weighted by atomic mass is 32.1. The maximum Gasteiger partial charge on any atom is 0.0925 e. The van der Waals surface area contributed by atoms with Crippen molar-refractivity contribution >= 4 is 11.3 Å². The molecule has 0 aliphatic heterocycles. The Bertz CT molecular complexity index is 237. The SMILES string of the molecule is CCc1ncc(CNCCOC)s1. The van der Waals surface area contributed by atoms with Crippen LogP contribution in [0.25, 0.3) is 0 Å². The van der Waals surface area contributed by atoms with Gasteiger partial charge in [0.2, 0.25) is 0 Å². The maximum atomic E-state index is 4.93. The van der Waals surface area contributed by atoms with Crippen LogP contribution in [-0.4, -0.2) is 25.2 Å². The Morgan fingerprint density at radius 1 is 1.62 bits per heavy atom. The minimum absolute atomic E-state index is 0.763. The standard InChI is InChI=1S/C9H16N2OS/c1-3-9-11-7-8(13-9)6-10-4-5-12-2/h7,10H,3-6H2,1-2H3. The zero-order chi connectivity index (χ0) is 9.52. The van der Waals surface area contributed by atoms with Crippen molar-refractivity contribution in [3.05, 3.63) is 16.1 Å². The summed E-state index contributed by atoms with van der Waals surface area (Å²) in [7, 11) is 1.71. The minimum atomic E-state index is 0.763. The Balaban J connectivity index is 2.20. The van der Waals surface area contributed by atoms with E-state index in [1.165, 1.54) is 9.88 Å². The molecule has 1 aromatic rings. The van der Waals surface area contributed by atoms with Crippen LogP contribution >= 0.6 is 11.3 Å². The molecule has 0 atom stereocenters. The van der Waals surface area contributed by atoms with Crippen molar-refractivity contribution in [2.75, 3.05) is 20.3 Å². The topological polar surface area (TPSA) is 34.2 Å². The molecule has 13 heavy (non-hydrogen) atoms. The second kappa shape index (κ2) is 6.07. The molecule has 0 saturated heterocycles. The summed E-state index contributed by atoms with van der Waals surface area (Å²) in [4.78, 5) is 5.58. The van der Waals surface area contributed by atoms with Gasteiger partial charge in [-0.1, -0.05) is 6.92 Å². The quantitative estimate of drug-likeness (QED) is 0.706. The zero-order valence-electron chi connectivity index (χ0n) is 8.17. The first-order chi connectivity index (χ1) is 6.36. The molecule has 74 valence electrons. The van der Waals surface area contributed by atoms with Gasteiger partial charge >= 0.3 is 0 Å². The van der Waals surface area contributed by atoms with E-state index in [1.807, 2.05) is 6.20 Å². The molecular weight excluding hydrogens is 184 g/mol. The average Bonchev–Trinajstić information content (AvgIpc) is 2.60. The molecule has 1 aromatic heterocycles. The fourth-order valence-electron chi connectivity index (χ4n) is 0.979. The van der Waals surface area contributed by atoms with E-state index < -0.39 is 0 Å². The molecular formula is C9H16N2OS. The van der Waals surface area contributed by atoms with Gasteiger partial charge in [0.1, 0.15) is 0 Å².